The average molecular weight is 416 g/mol. The maximum atomic E-state index is 5.79. The van der Waals surface area contributed by atoms with Crippen molar-refractivity contribution in [1.82, 2.24) is 0 Å². The highest BCUT2D eigenvalue weighted by Crippen LogP contribution is 2.19. The lowest BCUT2D eigenvalue weighted by molar-refractivity contribution is -0.0219. The monoisotopic (exact) mass is 415 g/mol. The largest absolute Gasteiger partial charge is 0.489 e. The Morgan fingerprint density at radius 2 is 1.03 bits per heavy atom. The van der Waals surface area contributed by atoms with Crippen molar-refractivity contribution in [3.05, 3.63) is 24.3 Å². The van der Waals surface area contributed by atoms with Crippen LogP contribution < -0.4 is 10.5 Å². The van der Waals surface area contributed by atoms with E-state index in [-0.39, 0.29) is 6.10 Å². The molecule has 0 aliphatic carbocycles. The van der Waals surface area contributed by atoms with Crippen molar-refractivity contribution in [2.45, 2.75) is 20.0 Å². The summed E-state index contributed by atoms with van der Waals surface area (Å²) in [6, 6.07) is 7.39. The van der Waals surface area contributed by atoms with Gasteiger partial charge in [-0.05, 0) is 26.0 Å². The van der Waals surface area contributed by atoms with Crippen molar-refractivity contribution in [3.63, 3.8) is 0 Å². The number of nitrogens with two attached hydrogens (primary N) is 1. The van der Waals surface area contributed by atoms with Crippen LogP contribution in [0, 0.1) is 0 Å². The SMILES string of the molecule is CC(C)OCCOCCOCCOCCOCCOCCOc1ccccc1N. The lowest BCUT2D eigenvalue weighted by Gasteiger charge is -2.10. The molecule has 0 aromatic heterocycles. The summed E-state index contributed by atoms with van der Waals surface area (Å²) in [6.45, 7) is 10.4. The van der Waals surface area contributed by atoms with Gasteiger partial charge < -0.3 is 38.9 Å². The Balaban J connectivity index is 1.71. The Bertz CT molecular complexity index is 488. The van der Waals surface area contributed by atoms with Gasteiger partial charge in [-0.2, -0.15) is 0 Å². The topological polar surface area (TPSA) is 90.6 Å². The summed E-state index contributed by atoms with van der Waals surface area (Å²) in [5.74, 6) is 0.678. The number of ether oxygens (including phenoxy) is 7. The normalized spacial score (nSPS) is 11.3. The molecular weight excluding hydrogens is 378 g/mol. The first-order chi connectivity index (χ1) is 14.2. The maximum absolute atomic E-state index is 5.79. The molecule has 0 saturated carbocycles. The van der Waals surface area contributed by atoms with E-state index in [0.29, 0.717) is 90.7 Å². The van der Waals surface area contributed by atoms with Gasteiger partial charge in [0.15, 0.2) is 0 Å². The van der Waals surface area contributed by atoms with Crippen LogP contribution >= 0.6 is 0 Å². The molecule has 0 radical (unpaired) electrons. The molecule has 0 spiro atoms. The van der Waals surface area contributed by atoms with Gasteiger partial charge in [-0.25, -0.2) is 0 Å². The molecule has 0 bridgehead atoms. The Morgan fingerprint density at radius 3 is 1.48 bits per heavy atom. The van der Waals surface area contributed by atoms with Gasteiger partial charge in [0.2, 0.25) is 0 Å². The summed E-state index contributed by atoms with van der Waals surface area (Å²) in [5.41, 5.74) is 6.42. The second-order valence-corrected chi connectivity index (χ2v) is 6.37. The first kappa shape index (κ1) is 25.6. The second kappa shape index (κ2) is 18.6. The number of nitrogen functional groups attached to an aromatic ring is 1. The van der Waals surface area contributed by atoms with E-state index in [2.05, 4.69) is 0 Å². The molecule has 0 atom stereocenters. The fourth-order valence-corrected chi connectivity index (χ4v) is 2.15. The average Bonchev–Trinajstić information content (AvgIpc) is 2.70. The van der Waals surface area contributed by atoms with E-state index in [9.17, 15) is 0 Å². The minimum Gasteiger partial charge on any atom is -0.489 e. The van der Waals surface area contributed by atoms with Crippen molar-refractivity contribution in [2.75, 3.05) is 85.0 Å². The summed E-state index contributed by atoms with van der Waals surface area (Å²) < 4.78 is 38.0. The third-order valence-electron chi connectivity index (χ3n) is 3.57. The second-order valence-electron chi connectivity index (χ2n) is 6.37. The Hall–Kier alpha value is -1.42. The predicted molar refractivity (Wildman–Crippen MR) is 112 cm³/mol. The third-order valence-corrected chi connectivity index (χ3v) is 3.57. The van der Waals surface area contributed by atoms with Crippen molar-refractivity contribution >= 4 is 5.69 Å². The third kappa shape index (κ3) is 16.1. The zero-order valence-electron chi connectivity index (χ0n) is 17.8. The van der Waals surface area contributed by atoms with E-state index in [1.165, 1.54) is 0 Å². The lowest BCUT2D eigenvalue weighted by atomic mass is 10.3. The van der Waals surface area contributed by atoms with Crippen LogP contribution in [0.15, 0.2) is 24.3 Å². The zero-order valence-corrected chi connectivity index (χ0v) is 17.8. The van der Waals surface area contributed by atoms with Gasteiger partial charge in [0, 0.05) is 0 Å². The molecule has 8 heteroatoms. The first-order valence-corrected chi connectivity index (χ1v) is 10.2. The number of hydrogen-bond donors (Lipinski definition) is 1. The molecule has 2 N–H and O–H groups in total. The smallest absolute Gasteiger partial charge is 0.142 e. The molecule has 29 heavy (non-hydrogen) atoms. The van der Waals surface area contributed by atoms with E-state index >= 15 is 0 Å². The molecule has 0 aliphatic heterocycles. The van der Waals surface area contributed by atoms with Crippen LogP contribution in [0.5, 0.6) is 5.75 Å². The minimum absolute atomic E-state index is 0.239. The molecule has 8 nitrogen and oxygen atoms in total. The molecule has 1 rings (SSSR count). The van der Waals surface area contributed by atoms with Crippen LogP contribution in [0.25, 0.3) is 0 Å². The van der Waals surface area contributed by atoms with Crippen LogP contribution in [0.1, 0.15) is 13.8 Å². The van der Waals surface area contributed by atoms with Gasteiger partial charge in [0.25, 0.3) is 0 Å². The number of hydrogen-bond acceptors (Lipinski definition) is 8. The highest BCUT2D eigenvalue weighted by Gasteiger charge is 1.98. The maximum Gasteiger partial charge on any atom is 0.142 e. The standard InChI is InChI=1S/C21H37NO7/c1-19(2)28-17-15-26-13-11-24-9-7-23-8-10-25-12-14-27-16-18-29-21-6-4-3-5-20(21)22/h3-6,19H,7-18,22H2,1-2H3. The van der Waals surface area contributed by atoms with Gasteiger partial charge in [-0.3, -0.25) is 0 Å². The summed E-state index contributed by atoms with van der Waals surface area (Å²) in [6.07, 6.45) is 0.239. The van der Waals surface area contributed by atoms with Crippen LogP contribution in [0.2, 0.25) is 0 Å². The molecule has 1 aromatic rings. The summed E-state index contributed by atoms with van der Waals surface area (Å²) in [7, 11) is 0. The van der Waals surface area contributed by atoms with E-state index in [1.54, 1.807) is 6.07 Å². The van der Waals surface area contributed by atoms with Crippen molar-refractivity contribution in [3.8, 4) is 5.75 Å². The van der Waals surface area contributed by atoms with Crippen molar-refractivity contribution in [1.29, 1.82) is 0 Å². The van der Waals surface area contributed by atoms with Crippen LogP contribution in [-0.2, 0) is 28.4 Å². The van der Waals surface area contributed by atoms with Gasteiger partial charge >= 0.3 is 0 Å². The van der Waals surface area contributed by atoms with Crippen LogP contribution in [0.4, 0.5) is 5.69 Å². The van der Waals surface area contributed by atoms with E-state index in [1.807, 2.05) is 32.0 Å². The van der Waals surface area contributed by atoms with Crippen LogP contribution in [-0.4, -0.2) is 85.4 Å². The summed E-state index contributed by atoms with van der Waals surface area (Å²) in [5, 5.41) is 0. The van der Waals surface area contributed by atoms with Crippen molar-refractivity contribution in [2.24, 2.45) is 0 Å². The predicted octanol–water partition coefficient (Wildman–Crippen LogP) is 2.16. The molecular formula is C21H37NO7. The first-order valence-electron chi connectivity index (χ1n) is 10.2. The Morgan fingerprint density at radius 1 is 0.621 bits per heavy atom. The number of rotatable bonds is 20. The number of anilines is 1. The molecule has 0 fully saturated rings. The van der Waals surface area contributed by atoms with E-state index in [4.69, 9.17) is 38.9 Å². The molecule has 0 saturated heterocycles. The fourth-order valence-electron chi connectivity index (χ4n) is 2.15. The van der Waals surface area contributed by atoms with Crippen LogP contribution in [0.3, 0.4) is 0 Å². The van der Waals surface area contributed by atoms with E-state index in [0.717, 1.165) is 0 Å². The minimum atomic E-state index is 0.239. The summed E-state index contributed by atoms with van der Waals surface area (Å²) in [4.78, 5) is 0. The quantitative estimate of drug-likeness (QED) is 0.256. The molecule has 0 amide bonds. The lowest BCUT2D eigenvalue weighted by Crippen LogP contribution is -2.15. The fraction of sp³-hybridized carbons (Fsp3) is 0.714. The number of benzene rings is 1. The number of para-hydroxylation sites is 2. The Labute approximate surface area is 174 Å². The van der Waals surface area contributed by atoms with Gasteiger partial charge in [-0.15, -0.1) is 0 Å². The highest BCUT2D eigenvalue weighted by atomic mass is 16.6. The highest BCUT2D eigenvalue weighted by molar-refractivity contribution is 5.51. The molecule has 0 unspecified atom stereocenters. The zero-order chi connectivity index (χ0) is 21.0. The molecule has 168 valence electrons. The van der Waals surface area contributed by atoms with Gasteiger partial charge in [0.1, 0.15) is 12.4 Å². The van der Waals surface area contributed by atoms with Crippen molar-refractivity contribution < 1.29 is 33.2 Å². The van der Waals surface area contributed by atoms with Gasteiger partial charge in [0.05, 0.1) is 84.5 Å². The Kier molecular flexibility index (Phi) is 16.4. The molecule has 0 heterocycles. The molecule has 1 aromatic carbocycles. The van der Waals surface area contributed by atoms with E-state index < -0.39 is 0 Å². The van der Waals surface area contributed by atoms with Gasteiger partial charge in [-0.1, -0.05) is 12.1 Å². The molecule has 0 aliphatic rings. The summed E-state index contributed by atoms with van der Waals surface area (Å²) >= 11 is 0.